The first-order chi connectivity index (χ1) is 7.27. The third-order valence-electron chi connectivity index (χ3n) is 2.11. The highest BCUT2D eigenvalue weighted by molar-refractivity contribution is 7.09. The third kappa shape index (κ3) is 2.24. The predicted octanol–water partition coefficient (Wildman–Crippen LogP) is 0.841. The van der Waals surface area contributed by atoms with E-state index >= 15 is 0 Å². The third-order valence-corrected chi connectivity index (χ3v) is 3.04. The highest BCUT2D eigenvalue weighted by Gasteiger charge is 2.00. The van der Waals surface area contributed by atoms with Crippen molar-refractivity contribution in [2.75, 3.05) is 0 Å². The first-order valence-corrected chi connectivity index (χ1v) is 5.46. The Morgan fingerprint density at radius 1 is 1.33 bits per heavy atom. The number of thiophene rings is 1. The van der Waals surface area contributed by atoms with Crippen LogP contribution in [-0.2, 0) is 13.0 Å². The Hall–Kier alpha value is -1.62. The van der Waals surface area contributed by atoms with Gasteiger partial charge in [-0.25, -0.2) is 4.79 Å². The van der Waals surface area contributed by atoms with Gasteiger partial charge in [-0.3, -0.25) is 9.36 Å². The smallest absolute Gasteiger partial charge is 0.314 e. The lowest BCUT2D eigenvalue weighted by atomic mass is 10.3. The van der Waals surface area contributed by atoms with Gasteiger partial charge >= 0.3 is 5.69 Å². The predicted molar refractivity (Wildman–Crippen MR) is 59.3 cm³/mol. The van der Waals surface area contributed by atoms with Crippen molar-refractivity contribution >= 4 is 11.3 Å². The molecule has 2 aromatic rings. The average molecular weight is 222 g/mol. The van der Waals surface area contributed by atoms with Crippen LogP contribution in [0.3, 0.4) is 0 Å². The molecule has 0 unspecified atom stereocenters. The monoisotopic (exact) mass is 222 g/mol. The van der Waals surface area contributed by atoms with E-state index in [0.29, 0.717) is 13.0 Å². The first kappa shape index (κ1) is 9.92. The van der Waals surface area contributed by atoms with Crippen LogP contribution in [0, 0.1) is 0 Å². The molecular formula is C10H10N2O2S. The van der Waals surface area contributed by atoms with E-state index < -0.39 is 0 Å². The summed E-state index contributed by atoms with van der Waals surface area (Å²) in [5, 5.41) is 1.98. The number of aromatic nitrogens is 2. The van der Waals surface area contributed by atoms with Crippen LogP contribution in [0.4, 0.5) is 0 Å². The van der Waals surface area contributed by atoms with Gasteiger partial charge in [0, 0.05) is 23.7 Å². The molecule has 78 valence electrons. The molecule has 0 amide bonds. The lowest BCUT2D eigenvalue weighted by Crippen LogP contribution is -2.34. The number of nitrogens with zero attached hydrogens (tertiary/aromatic N) is 1. The minimum Gasteiger partial charge on any atom is -0.314 e. The van der Waals surface area contributed by atoms with Crippen LogP contribution < -0.4 is 11.2 Å². The summed E-state index contributed by atoms with van der Waals surface area (Å²) in [5.41, 5.74) is -0.602. The summed E-state index contributed by atoms with van der Waals surface area (Å²) in [4.78, 5) is 26.3. The number of aryl methyl sites for hydroxylation is 1. The zero-order chi connectivity index (χ0) is 10.7. The molecule has 2 aromatic heterocycles. The molecule has 1 N–H and O–H groups in total. The lowest BCUT2D eigenvalue weighted by Gasteiger charge is -2.01. The fourth-order valence-electron chi connectivity index (χ4n) is 1.34. The SMILES string of the molecule is O=c1cc[nH]c(=O)n1CCc1cccs1. The van der Waals surface area contributed by atoms with Crippen LogP contribution in [0.2, 0.25) is 0 Å². The van der Waals surface area contributed by atoms with Crippen LogP contribution >= 0.6 is 11.3 Å². The molecule has 4 nitrogen and oxygen atoms in total. The largest absolute Gasteiger partial charge is 0.328 e. The van der Waals surface area contributed by atoms with Crippen molar-refractivity contribution in [2.45, 2.75) is 13.0 Å². The molecule has 0 saturated carbocycles. The molecule has 15 heavy (non-hydrogen) atoms. The number of H-pyrrole nitrogens is 1. The van der Waals surface area contributed by atoms with E-state index in [1.165, 1.54) is 21.7 Å². The Bertz CT molecular complexity index is 511. The summed E-state index contributed by atoms with van der Waals surface area (Å²) in [7, 11) is 0. The normalized spacial score (nSPS) is 10.4. The fourth-order valence-corrected chi connectivity index (χ4v) is 2.04. The molecule has 0 aliphatic carbocycles. The van der Waals surface area contributed by atoms with E-state index in [9.17, 15) is 9.59 Å². The Morgan fingerprint density at radius 3 is 2.87 bits per heavy atom. The van der Waals surface area contributed by atoms with E-state index in [1.807, 2.05) is 17.5 Å². The van der Waals surface area contributed by atoms with Gasteiger partial charge in [-0.15, -0.1) is 11.3 Å². The fraction of sp³-hybridized carbons (Fsp3) is 0.200. The molecule has 0 spiro atoms. The van der Waals surface area contributed by atoms with Crippen molar-refractivity contribution < 1.29 is 0 Å². The number of rotatable bonds is 3. The second-order valence-electron chi connectivity index (χ2n) is 3.10. The molecule has 0 atom stereocenters. The molecule has 0 bridgehead atoms. The van der Waals surface area contributed by atoms with Crippen LogP contribution in [0.5, 0.6) is 0 Å². The van der Waals surface area contributed by atoms with E-state index in [-0.39, 0.29) is 11.2 Å². The number of hydrogen-bond donors (Lipinski definition) is 1. The van der Waals surface area contributed by atoms with Crippen molar-refractivity contribution in [1.29, 1.82) is 0 Å². The highest BCUT2D eigenvalue weighted by Crippen LogP contribution is 2.08. The number of aromatic amines is 1. The van der Waals surface area contributed by atoms with E-state index in [2.05, 4.69) is 4.98 Å². The van der Waals surface area contributed by atoms with Gasteiger partial charge in [-0.2, -0.15) is 0 Å². The van der Waals surface area contributed by atoms with Gasteiger partial charge in [-0.1, -0.05) is 6.07 Å². The average Bonchev–Trinajstić information content (AvgIpc) is 2.70. The maximum absolute atomic E-state index is 11.3. The Morgan fingerprint density at radius 2 is 2.20 bits per heavy atom. The van der Waals surface area contributed by atoms with E-state index in [1.54, 1.807) is 11.3 Å². The minimum atomic E-state index is -0.348. The second kappa shape index (κ2) is 4.27. The maximum Gasteiger partial charge on any atom is 0.328 e. The zero-order valence-corrected chi connectivity index (χ0v) is 8.79. The summed E-state index contributed by atoms with van der Waals surface area (Å²) in [6, 6.07) is 5.31. The van der Waals surface area contributed by atoms with Crippen molar-refractivity contribution in [3.8, 4) is 0 Å². The topological polar surface area (TPSA) is 54.9 Å². The zero-order valence-electron chi connectivity index (χ0n) is 7.97. The summed E-state index contributed by atoms with van der Waals surface area (Å²) in [5.74, 6) is 0. The van der Waals surface area contributed by atoms with Crippen LogP contribution in [-0.4, -0.2) is 9.55 Å². The van der Waals surface area contributed by atoms with Crippen molar-refractivity contribution in [2.24, 2.45) is 0 Å². The van der Waals surface area contributed by atoms with Crippen LogP contribution in [0.25, 0.3) is 0 Å². The molecule has 0 aliphatic rings. The molecule has 0 aromatic carbocycles. The standard InChI is InChI=1S/C10H10N2O2S/c13-9-3-5-11-10(14)12(9)6-4-8-2-1-7-15-8/h1-3,5,7H,4,6H2,(H,11,14). The van der Waals surface area contributed by atoms with Gasteiger partial charge in [0.1, 0.15) is 0 Å². The van der Waals surface area contributed by atoms with E-state index in [4.69, 9.17) is 0 Å². The first-order valence-electron chi connectivity index (χ1n) is 4.58. The van der Waals surface area contributed by atoms with Crippen molar-refractivity contribution in [3.63, 3.8) is 0 Å². The van der Waals surface area contributed by atoms with Gasteiger partial charge in [0.15, 0.2) is 0 Å². The van der Waals surface area contributed by atoms with Crippen LogP contribution in [0.15, 0.2) is 39.4 Å². The van der Waals surface area contributed by atoms with Gasteiger partial charge in [-0.05, 0) is 17.9 Å². The summed E-state index contributed by atoms with van der Waals surface area (Å²) < 4.78 is 1.21. The Labute approximate surface area is 89.8 Å². The van der Waals surface area contributed by atoms with Gasteiger partial charge in [0.2, 0.25) is 0 Å². The second-order valence-corrected chi connectivity index (χ2v) is 4.13. The minimum absolute atomic E-state index is 0.254. The molecule has 5 heteroatoms. The molecule has 0 radical (unpaired) electrons. The molecule has 2 heterocycles. The summed E-state index contributed by atoms with van der Waals surface area (Å²) in [6.45, 7) is 0.426. The van der Waals surface area contributed by atoms with Crippen molar-refractivity contribution in [1.82, 2.24) is 9.55 Å². The molecule has 0 aliphatic heterocycles. The maximum atomic E-state index is 11.3. The molecule has 0 fully saturated rings. The van der Waals surface area contributed by atoms with Crippen molar-refractivity contribution in [3.05, 3.63) is 55.5 Å². The van der Waals surface area contributed by atoms with E-state index in [0.717, 1.165) is 0 Å². The molecule has 0 saturated heterocycles. The highest BCUT2D eigenvalue weighted by atomic mass is 32.1. The number of nitrogens with one attached hydrogen (secondary N) is 1. The Kier molecular flexibility index (Phi) is 2.82. The number of hydrogen-bond acceptors (Lipinski definition) is 3. The van der Waals surface area contributed by atoms with Gasteiger partial charge in [0.05, 0.1) is 0 Å². The quantitative estimate of drug-likeness (QED) is 0.836. The van der Waals surface area contributed by atoms with Gasteiger partial charge < -0.3 is 4.98 Å². The lowest BCUT2D eigenvalue weighted by molar-refractivity contribution is 0.631. The molecule has 2 rings (SSSR count). The summed E-state index contributed by atoms with van der Waals surface area (Å²) in [6.07, 6.45) is 2.08. The summed E-state index contributed by atoms with van der Waals surface area (Å²) >= 11 is 1.63. The van der Waals surface area contributed by atoms with Gasteiger partial charge in [0.25, 0.3) is 5.56 Å². The Balaban J connectivity index is 2.18. The van der Waals surface area contributed by atoms with Crippen LogP contribution in [0.1, 0.15) is 4.88 Å². The molecular weight excluding hydrogens is 212 g/mol.